The van der Waals surface area contributed by atoms with Gasteiger partial charge >= 0.3 is 11.9 Å². The molecule has 0 heterocycles. The lowest BCUT2D eigenvalue weighted by Gasteiger charge is -2.36. The van der Waals surface area contributed by atoms with Gasteiger partial charge in [-0.05, 0) is 38.0 Å². The summed E-state index contributed by atoms with van der Waals surface area (Å²) in [4.78, 5) is 22.2. The molecular formula is C16H26O4. The number of rotatable bonds is 7. The summed E-state index contributed by atoms with van der Waals surface area (Å²) in [6.45, 7) is 4.12. The summed E-state index contributed by atoms with van der Waals surface area (Å²) < 4.78 is 9.96. The van der Waals surface area contributed by atoms with Crippen molar-refractivity contribution in [3.63, 3.8) is 0 Å². The molecule has 1 aliphatic carbocycles. The highest BCUT2D eigenvalue weighted by Crippen LogP contribution is 2.42. The zero-order valence-electron chi connectivity index (χ0n) is 12.7. The van der Waals surface area contributed by atoms with Gasteiger partial charge in [-0.15, -0.1) is 0 Å². The van der Waals surface area contributed by atoms with Crippen LogP contribution in [0.3, 0.4) is 0 Å². The van der Waals surface area contributed by atoms with Gasteiger partial charge in [0, 0.05) is 13.0 Å². The third kappa shape index (κ3) is 6.22. The molecule has 1 fully saturated rings. The number of carbonyl (C=O) groups excluding carboxylic acids is 2. The van der Waals surface area contributed by atoms with Gasteiger partial charge in [0.2, 0.25) is 0 Å². The second-order valence-electron chi connectivity index (χ2n) is 5.51. The molecule has 0 N–H and O–H groups in total. The molecule has 1 aliphatic rings. The topological polar surface area (TPSA) is 52.6 Å². The number of hydrogen-bond donors (Lipinski definition) is 0. The number of esters is 2. The van der Waals surface area contributed by atoms with Gasteiger partial charge in [-0.1, -0.05) is 25.3 Å². The highest BCUT2D eigenvalue weighted by atomic mass is 16.5. The largest absolute Gasteiger partial charge is 0.466 e. The van der Waals surface area contributed by atoms with E-state index in [1.165, 1.54) is 32.3 Å². The van der Waals surface area contributed by atoms with Crippen LogP contribution in [0.15, 0.2) is 12.2 Å². The van der Waals surface area contributed by atoms with Crippen LogP contribution < -0.4 is 0 Å². The van der Waals surface area contributed by atoms with Gasteiger partial charge in [-0.2, -0.15) is 0 Å². The Kier molecular flexibility index (Phi) is 7.34. The molecule has 0 aromatic rings. The summed E-state index contributed by atoms with van der Waals surface area (Å²) in [5.41, 5.74) is 0.177. The van der Waals surface area contributed by atoms with Crippen LogP contribution in [-0.2, 0) is 19.1 Å². The van der Waals surface area contributed by atoms with Crippen molar-refractivity contribution in [3.05, 3.63) is 12.2 Å². The summed E-state index contributed by atoms with van der Waals surface area (Å²) in [6.07, 6.45) is 11.1. The molecule has 0 aromatic heterocycles. The van der Waals surface area contributed by atoms with Crippen LogP contribution in [0.2, 0.25) is 0 Å². The molecule has 114 valence electrons. The highest BCUT2D eigenvalue weighted by molar-refractivity contribution is 5.81. The predicted molar refractivity (Wildman–Crippen MR) is 77.2 cm³/mol. The smallest absolute Gasteiger partial charge is 0.330 e. The van der Waals surface area contributed by atoms with Crippen LogP contribution in [0.25, 0.3) is 0 Å². The van der Waals surface area contributed by atoms with Gasteiger partial charge in [0.05, 0.1) is 13.2 Å². The van der Waals surface area contributed by atoms with Crippen molar-refractivity contribution in [1.29, 1.82) is 0 Å². The molecule has 0 aliphatic heterocycles. The molecule has 4 heteroatoms. The van der Waals surface area contributed by atoms with Gasteiger partial charge in [0.15, 0.2) is 0 Å². The highest BCUT2D eigenvalue weighted by Gasteiger charge is 2.30. The van der Waals surface area contributed by atoms with E-state index in [4.69, 9.17) is 9.47 Å². The van der Waals surface area contributed by atoms with Crippen molar-refractivity contribution >= 4 is 11.9 Å². The van der Waals surface area contributed by atoms with E-state index in [2.05, 4.69) is 0 Å². The Morgan fingerprint density at radius 2 is 1.85 bits per heavy atom. The molecule has 0 spiro atoms. The molecule has 20 heavy (non-hydrogen) atoms. The van der Waals surface area contributed by atoms with Crippen molar-refractivity contribution in [2.45, 2.75) is 58.8 Å². The Balaban J connectivity index is 2.50. The third-order valence-corrected chi connectivity index (χ3v) is 3.94. The predicted octanol–water partition coefficient (Wildman–Crippen LogP) is 3.40. The first-order chi connectivity index (χ1) is 9.58. The fourth-order valence-corrected chi connectivity index (χ4v) is 2.86. The van der Waals surface area contributed by atoms with Gasteiger partial charge in [-0.25, -0.2) is 4.79 Å². The molecule has 0 unspecified atom stereocenters. The van der Waals surface area contributed by atoms with Gasteiger partial charge in [0.25, 0.3) is 0 Å². The SMILES string of the molecule is CCOC(=O)/C=C/CC1(CCOC(C)=O)CCCCC1. The third-order valence-electron chi connectivity index (χ3n) is 3.94. The maximum Gasteiger partial charge on any atom is 0.330 e. The molecule has 0 bridgehead atoms. The maximum atomic E-state index is 11.3. The van der Waals surface area contributed by atoms with Crippen LogP contribution in [0.1, 0.15) is 58.8 Å². The lowest BCUT2D eigenvalue weighted by molar-refractivity contribution is -0.142. The number of allylic oxidation sites excluding steroid dienone is 1. The molecule has 0 aromatic carbocycles. The Morgan fingerprint density at radius 1 is 1.15 bits per heavy atom. The van der Waals surface area contributed by atoms with Crippen LogP contribution in [0.5, 0.6) is 0 Å². The maximum absolute atomic E-state index is 11.3. The average Bonchev–Trinajstić information content (AvgIpc) is 2.39. The molecule has 0 saturated heterocycles. The standard InChI is InChI=1S/C16H26O4/c1-3-19-15(18)8-7-11-16(9-5-4-6-10-16)12-13-20-14(2)17/h7-8H,3-6,9-13H2,1-2H3/b8-7+. The Bertz CT molecular complexity index is 340. The minimum atomic E-state index is -0.279. The van der Waals surface area contributed by atoms with Gasteiger partial charge in [0.1, 0.15) is 0 Å². The Labute approximate surface area is 121 Å². The van der Waals surface area contributed by atoms with Crippen molar-refractivity contribution in [2.75, 3.05) is 13.2 Å². The van der Waals surface area contributed by atoms with Crippen LogP contribution in [0.4, 0.5) is 0 Å². The van der Waals surface area contributed by atoms with E-state index < -0.39 is 0 Å². The minimum absolute atomic E-state index is 0.177. The number of hydrogen-bond acceptors (Lipinski definition) is 4. The van der Waals surface area contributed by atoms with Crippen molar-refractivity contribution in [2.24, 2.45) is 5.41 Å². The number of ether oxygens (including phenoxy) is 2. The summed E-state index contributed by atoms with van der Waals surface area (Å²) in [6, 6.07) is 0. The molecule has 0 radical (unpaired) electrons. The quantitative estimate of drug-likeness (QED) is 0.530. The average molecular weight is 282 g/mol. The molecule has 1 saturated carbocycles. The second kappa shape index (κ2) is 8.77. The van der Waals surface area contributed by atoms with Gasteiger partial charge < -0.3 is 9.47 Å². The molecule has 4 nitrogen and oxygen atoms in total. The van der Waals surface area contributed by atoms with Crippen molar-refractivity contribution < 1.29 is 19.1 Å². The minimum Gasteiger partial charge on any atom is -0.466 e. The summed E-state index contributed by atoms with van der Waals surface area (Å²) in [5, 5.41) is 0. The molecular weight excluding hydrogens is 256 g/mol. The molecule has 1 rings (SSSR count). The second-order valence-corrected chi connectivity index (χ2v) is 5.51. The summed E-state index contributed by atoms with van der Waals surface area (Å²) in [5.74, 6) is -0.503. The van der Waals surface area contributed by atoms with Crippen molar-refractivity contribution in [1.82, 2.24) is 0 Å². The Hall–Kier alpha value is -1.32. The van der Waals surface area contributed by atoms with E-state index in [9.17, 15) is 9.59 Å². The van der Waals surface area contributed by atoms with E-state index in [0.29, 0.717) is 13.2 Å². The van der Waals surface area contributed by atoms with Crippen LogP contribution in [-0.4, -0.2) is 25.2 Å². The molecule has 0 amide bonds. The fourth-order valence-electron chi connectivity index (χ4n) is 2.86. The Morgan fingerprint density at radius 3 is 2.45 bits per heavy atom. The first-order valence-electron chi connectivity index (χ1n) is 7.55. The first kappa shape index (κ1) is 16.7. The summed E-state index contributed by atoms with van der Waals surface area (Å²) >= 11 is 0. The zero-order chi connectivity index (χ0) is 14.8. The van der Waals surface area contributed by atoms with Crippen LogP contribution in [0, 0.1) is 5.41 Å². The first-order valence-corrected chi connectivity index (χ1v) is 7.55. The van der Waals surface area contributed by atoms with E-state index in [1.54, 1.807) is 6.92 Å². The van der Waals surface area contributed by atoms with E-state index in [0.717, 1.165) is 25.7 Å². The van der Waals surface area contributed by atoms with Gasteiger partial charge in [-0.3, -0.25) is 4.79 Å². The van der Waals surface area contributed by atoms with E-state index >= 15 is 0 Å². The van der Waals surface area contributed by atoms with Crippen molar-refractivity contribution in [3.8, 4) is 0 Å². The zero-order valence-corrected chi connectivity index (χ0v) is 12.7. The lowest BCUT2D eigenvalue weighted by Crippen LogP contribution is -2.26. The summed E-state index contributed by atoms with van der Waals surface area (Å²) in [7, 11) is 0. The van der Waals surface area contributed by atoms with E-state index in [-0.39, 0.29) is 17.4 Å². The normalized spacial score (nSPS) is 17.9. The van der Waals surface area contributed by atoms with Crippen LogP contribution >= 0.6 is 0 Å². The fraction of sp³-hybridized carbons (Fsp3) is 0.750. The number of carbonyl (C=O) groups is 2. The lowest BCUT2D eigenvalue weighted by atomic mass is 9.70. The monoisotopic (exact) mass is 282 g/mol. The molecule has 0 atom stereocenters. The van der Waals surface area contributed by atoms with E-state index in [1.807, 2.05) is 6.08 Å².